The highest BCUT2D eigenvalue weighted by Gasteiger charge is 2.05. The van der Waals surface area contributed by atoms with Crippen molar-refractivity contribution in [1.29, 1.82) is 0 Å². The molecule has 0 saturated heterocycles. The van der Waals surface area contributed by atoms with E-state index in [1.807, 2.05) is 24.3 Å². The minimum atomic E-state index is 0.130. The first-order valence-corrected chi connectivity index (χ1v) is 4.87. The van der Waals surface area contributed by atoms with Crippen LogP contribution >= 0.6 is 0 Å². The van der Waals surface area contributed by atoms with E-state index in [1.54, 1.807) is 19.1 Å². The summed E-state index contributed by atoms with van der Waals surface area (Å²) in [6.07, 6.45) is 0.417. The number of hydrogen-bond acceptors (Lipinski definition) is 2. The van der Waals surface area contributed by atoms with Gasteiger partial charge >= 0.3 is 0 Å². The molecule has 2 heteroatoms. The number of benzene rings is 2. The minimum absolute atomic E-state index is 0.130. The molecule has 0 bridgehead atoms. The molecule has 0 aliphatic carbocycles. The molecule has 0 unspecified atom stereocenters. The second-order valence-electron chi connectivity index (χ2n) is 3.67. The lowest BCUT2D eigenvalue weighted by molar-refractivity contribution is -0.116. The van der Waals surface area contributed by atoms with Crippen molar-refractivity contribution in [3.63, 3.8) is 0 Å². The molecule has 0 atom stereocenters. The Kier molecular flexibility index (Phi) is 2.42. The van der Waals surface area contributed by atoms with Gasteiger partial charge in [0.05, 0.1) is 0 Å². The zero-order valence-electron chi connectivity index (χ0n) is 8.53. The molecule has 0 aliphatic heterocycles. The summed E-state index contributed by atoms with van der Waals surface area (Å²) < 4.78 is 0. The number of rotatable bonds is 2. The Hall–Kier alpha value is -1.83. The summed E-state index contributed by atoms with van der Waals surface area (Å²) in [4.78, 5) is 11.1. The van der Waals surface area contributed by atoms with Gasteiger partial charge in [0.25, 0.3) is 0 Å². The molecule has 76 valence electrons. The number of fused-ring (bicyclic) bond motifs is 1. The fourth-order valence-corrected chi connectivity index (χ4v) is 1.78. The maximum absolute atomic E-state index is 11.1. The van der Waals surface area contributed by atoms with Crippen LogP contribution in [0.25, 0.3) is 10.8 Å². The monoisotopic (exact) mass is 200 g/mol. The third-order valence-corrected chi connectivity index (χ3v) is 2.43. The second kappa shape index (κ2) is 3.73. The van der Waals surface area contributed by atoms with E-state index < -0.39 is 0 Å². The van der Waals surface area contributed by atoms with E-state index in [2.05, 4.69) is 0 Å². The first-order chi connectivity index (χ1) is 7.18. The molecular formula is C13H12O2. The van der Waals surface area contributed by atoms with Crippen LogP contribution < -0.4 is 0 Å². The third-order valence-electron chi connectivity index (χ3n) is 2.43. The van der Waals surface area contributed by atoms with E-state index in [0.717, 1.165) is 16.3 Å². The van der Waals surface area contributed by atoms with Crippen molar-refractivity contribution in [2.24, 2.45) is 0 Å². The molecule has 0 radical (unpaired) electrons. The molecule has 15 heavy (non-hydrogen) atoms. The summed E-state index contributed by atoms with van der Waals surface area (Å²) >= 11 is 0. The third kappa shape index (κ3) is 1.84. The summed E-state index contributed by atoms with van der Waals surface area (Å²) in [5.74, 6) is 0.392. The second-order valence-corrected chi connectivity index (χ2v) is 3.67. The van der Waals surface area contributed by atoms with Crippen LogP contribution in [0, 0.1) is 0 Å². The van der Waals surface area contributed by atoms with Crippen LogP contribution in [0.1, 0.15) is 12.5 Å². The Morgan fingerprint density at radius 2 is 1.80 bits per heavy atom. The quantitative estimate of drug-likeness (QED) is 0.809. The zero-order valence-corrected chi connectivity index (χ0v) is 8.53. The van der Waals surface area contributed by atoms with Gasteiger partial charge in [-0.05, 0) is 23.9 Å². The summed E-state index contributed by atoms with van der Waals surface area (Å²) in [5.41, 5.74) is 0.968. The number of phenols is 1. The maximum atomic E-state index is 11.1. The molecule has 0 spiro atoms. The highest BCUT2D eigenvalue weighted by atomic mass is 16.3. The summed E-state index contributed by atoms with van der Waals surface area (Å²) in [7, 11) is 0. The van der Waals surface area contributed by atoms with Crippen LogP contribution in [-0.4, -0.2) is 10.9 Å². The van der Waals surface area contributed by atoms with Crippen LogP contribution in [0.3, 0.4) is 0 Å². The summed E-state index contributed by atoms with van der Waals surface area (Å²) in [6.45, 7) is 1.57. The van der Waals surface area contributed by atoms with Crippen LogP contribution in [0.4, 0.5) is 0 Å². The van der Waals surface area contributed by atoms with E-state index in [4.69, 9.17) is 0 Å². The normalized spacial score (nSPS) is 10.5. The van der Waals surface area contributed by atoms with E-state index in [1.165, 1.54) is 0 Å². The molecule has 0 amide bonds. The molecule has 0 aromatic heterocycles. The molecule has 1 N–H and O–H groups in total. The summed E-state index contributed by atoms with van der Waals surface area (Å²) in [5, 5.41) is 11.4. The number of Topliss-reactive ketones (excluding diaryl/α,β-unsaturated/α-hetero) is 1. The van der Waals surface area contributed by atoms with Gasteiger partial charge in [-0.3, -0.25) is 4.79 Å². The van der Waals surface area contributed by atoms with Crippen molar-refractivity contribution in [3.05, 3.63) is 42.0 Å². The van der Waals surface area contributed by atoms with Crippen molar-refractivity contribution in [2.75, 3.05) is 0 Å². The molecule has 0 heterocycles. The van der Waals surface area contributed by atoms with Crippen molar-refractivity contribution in [3.8, 4) is 5.75 Å². The number of phenolic OH excluding ortho intramolecular Hbond substituents is 1. The standard InChI is InChI=1S/C13H12O2/c1-9(14)8-10-4-2-6-12-11(10)5-3-7-13(12)15/h2-7,15H,8H2,1H3. The first-order valence-electron chi connectivity index (χ1n) is 4.87. The van der Waals surface area contributed by atoms with Crippen LogP contribution in [0.15, 0.2) is 36.4 Å². The lowest BCUT2D eigenvalue weighted by Crippen LogP contribution is -1.96. The van der Waals surface area contributed by atoms with Gasteiger partial charge in [0.2, 0.25) is 0 Å². The zero-order chi connectivity index (χ0) is 10.8. The van der Waals surface area contributed by atoms with Gasteiger partial charge in [-0.2, -0.15) is 0 Å². The van der Waals surface area contributed by atoms with Crippen LogP contribution in [0.2, 0.25) is 0 Å². The van der Waals surface area contributed by atoms with Crippen molar-refractivity contribution in [1.82, 2.24) is 0 Å². The molecule has 0 fully saturated rings. The fourth-order valence-electron chi connectivity index (χ4n) is 1.78. The topological polar surface area (TPSA) is 37.3 Å². The Morgan fingerprint density at radius 3 is 2.53 bits per heavy atom. The predicted molar refractivity (Wildman–Crippen MR) is 60.0 cm³/mol. The van der Waals surface area contributed by atoms with Gasteiger partial charge in [0, 0.05) is 11.8 Å². The fraction of sp³-hybridized carbons (Fsp3) is 0.154. The largest absolute Gasteiger partial charge is 0.507 e. The number of carbonyl (C=O) groups is 1. The Bertz CT molecular complexity index is 515. The SMILES string of the molecule is CC(=O)Cc1cccc2c(O)cccc12. The molecular weight excluding hydrogens is 188 g/mol. The smallest absolute Gasteiger partial charge is 0.134 e. The van der Waals surface area contributed by atoms with Crippen LogP contribution in [-0.2, 0) is 11.2 Å². The maximum Gasteiger partial charge on any atom is 0.134 e. The molecule has 2 rings (SSSR count). The molecule has 2 aromatic carbocycles. The van der Waals surface area contributed by atoms with E-state index >= 15 is 0 Å². The van der Waals surface area contributed by atoms with Gasteiger partial charge < -0.3 is 5.11 Å². The van der Waals surface area contributed by atoms with Crippen molar-refractivity contribution in [2.45, 2.75) is 13.3 Å². The molecule has 0 saturated carbocycles. The van der Waals surface area contributed by atoms with Crippen LogP contribution in [0.5, 0.6) is 5.75 Å². The van der Waals surface area contributed by atoms with E-state index in [9.17, 15) is 9.90 Å². The van der Waals surface area contributed by atoms with Crippen molar-refractivity contribution < 1.29 is 9.90 Å². The lowest BCUT2D eigenvalue weighted by Gasteiger charge is -2.05. The Morgan fingerprint density at radius 1 is 1.13 bits per heavy atom. The summed E-state index contributed by atoms with van der Waals surface area (Å²) in [6, 6.07) is 11.0. The van der Waals surface area contributed by atoms with E-state index in [-0.39, 0.29) is 11.5 Å². The Labute approximate surface area is 88.2 Å². The lowest BCUT2D eigenvalue weighted by atomic mass is 10.0. The predicted octanol–water partition coefficient (Wildman–Crippen LogP) is 2.68. The number of hydrogen-bond donors (Lipinski definition) is 1. The van der Waals surface area contributed by atoms with Gasteiger partial charge in [-0.25, -0.2) is 0 Å². The minimum Gasteiger partial charge on any atom is -0.507 e. The molecule has 2 nitrogen and oxygen atoms in total. The number of aromatic hydroxyl groups is 1. The van der Waals surface area contributed by atoms with E-state index in [0.29, 0.717) is 6.42 Å². The highest BCUT2D eigenvalue weighted by Crippen LogP contribution is 2.26. The average molecular weight is 200 g/mol. The highest BCUT2D eigenvalue weighted by molar-refractivity contribution is 5.93. The average Bonchev–Trinajstić information content (AvgIpc) is 2.19. The van der Waals surface area contributed by atoms with Gasteiger partial charge in [0.15, 0.2) is 0 Å². The first kappa shape index (κ1) is 9.71. The van der Waals surface area contributed by atoms with Gasteiger partial charge in [0.1, 0.15) is 11.5 Å². The number of ketones is 1. The van der Waals surface area contributed by atoms with Gasteiger partial charge in [-0.15, -0.1) is 0 Å². The molecule has 0 aliphatic rings. The van der Waals surface area contributed by atoms with Crippen molar-refractivity contribution >= 4 is 16.6 Å². The molecule has 2 aromatic rings. The number of carbonyl (C=O) groups excluding carboxylic acids is 1. The van der Waals surface area contributed by atoms with Gasteiger partial charge in [-0.1, -0.05) is 30.3 Å². The Balaban J connectivity index is 2.65.